The third-order valence-corrected chi connectivity index (χ3v) is 5.27. The van der Waals surface area contributed by atoms with Crippen molar-refractivity contribution in [3.8, 4) is 0 Å². The normalized spacial score (nSPS) is 17.8. The molecule has 2 aromatic carbocycles. The molecule has 4 nitrogen and oxygen atoms in total. The molecule has 1 fully saturated rings. The third kappa shape index (κ3) is 5.41. The van der Waals surface area contributed by atoms with E-state index in [1.807, 2.05) is 25.1 Å². The van der Waals surface area contributed by atoms with E-state index in [-0.39, 0.29) is 29.6 Å². The summed E-state index contributed by atoms with van der Waals surface area (Å²) < 4.78 is 13.1. The molecule has 2 aromatic rings. The summed E-state index contributed by atoms with van der Waals surface area (Å²) >= 11 is 0. The lowest BCUT2D eigenvalue weighted by Crippen LogP contribution is -2.47. The molecule has 0 radical (unpaired) electrons. The summed E-state index contributed by atoms with van der Waals surface area (Å²) in [5.74, 6) is -0.693. The molecule has 0 unspecified atom stereocenters. The van der Waals surface area contributed by atoms with Crippen molar-refractivity contribution in [3.63, 3.8) is 0 Å². The standard InChI is InChI=1S/C23H27FN2O2/c1-17(9-10-18-6-3-2-4-7-18)25-22(27)20-8-5-15-26(16-20)23(28)19-11-13-21(24)14-12-19/h2-4,6-7,11-14,17,20H,5,8-10,15-16H2,1H3,(H,25,27)/t17-,20-/m1/s1. The number of rotatable bonds is 6. The second kappa shape index (κ2) is 9.49. The zero-order valence-electron chi connectivity index (χ0n) is 16.2. The van der Waals surface area contributed by atoms with Gasteiger partial charge in [-0.2, -0.15) is 0 Å². The molecular weight excluding hydrogens is 355 g/mol. The first-order valence-electron chi connectivity index (χ1n) is 9.92. The van der Waals surface area contributed by atoms with Crippen LogP contribution in [0.25, 0.3) is 0 Å². The number of nitrogens with zero attached hydrogens (tertiary/aromatic N) is 1. The number of carbonyl (C=O) groups is 2. The lowest BCUT2D eigenvalue weighted by atomic mass is 9.95. The Kier molecular flexibility index (Phi) is 6.80. The Labute approximate surface area is 165 Å². The van der Waals surface area contributed by atoms with E-state index in [0.717, 1.165) is 25.7 Å². The highest BCUT2D eigenvalue weighted by Crippen LogP contribution is 2.19. The number of halogens is 1. The number of benzene rings is 2. The van der Waals surface area contributed by atoms with Gasteiger partial charge >= 0.3 is 0 Å². The van der Waals surface area contributed by atoms with E-state index in [2.05, 4.69) is 17.4 Å². The van der Waals surface area contributed by atoms with Crippen molar-refractivity contribution in [1.82, 2.24) is 10.2 Å². The third-order valence-electron chi connectivity index (χ3n) is 5.27. The molecule has 1 saturated heterocycles. The SMILES string of the molecule is C[C@H](CCc1ccccc1)NC(=O)[C@@H]1CCCN(C(=O)c2ccc(F)cc2)C1. The Morgan fingerprint density at radius 3 is 2.57 bits per heavy atom. The van der Waals surface area contributed by atoms with Crippen LogP contribution in [0.3, 0.4) is 0 Å². The molecule has 1 heterocycles. The van der Waals surface area contributed by atoms with Crippen LogP contribution >= 0.6 is 0 Å². The van der Waals surface area contributed by atoms with Crippen molar-refractivity contribution in [1.29, 1.82) is 0 Å². The van der Waals surface area contributed by atoms with E-state index in [4.69, 9.17) is 0 Å². The van der Waals surface area contributed by atoms with Crippen LogP contribution in [-0.4, -0.2) is 35.8 Å². The number of hydrogen-bond donors (Lipinski definition) is 1. The van der Waals surface area contributed by atoms with Crippen LogP contribution < -0.4 is 5.32 Å². The summed E-state index contributed by atoms with van der Waals surface area (Å²) in [7, 11) is 0. The average molecular weight is 382 g/mol. The Hall–Kier alpha value is -2.69. The van der Waals surface area contributed by atoms with Gasteiger partial charge in [-0.1, -0.05) is 30.3 Å². The zero-order valence-corrected chi connectivity index (χ0v) is 16.2. The molecule has 28 heavy (non-hydrogen) atoms. The molecule has 0 spiro atoms. The lowest BCUT2D eigenvalue weighted by molar-refractivity contribution is -0.127. The summed E-state index contributed by atoms with van der Waals surface area (Å²) in [6.07, 6.45) is 3.37. The first-order valence-corrected chi connectivity index (χ1v) is 9.92. The molecule has 2 amide bonds. The largest absolute Gasteiger partial charge is 0.353 e. The Morgan fingerprint density at radius 1 is 1.14 bits per heavy atom. The van der Waals surface area contributed by atoms with E-state index in [9.17, 15) is 14.0 Å². The fourth-order valence-corrected chi connectivity index (χ4v) is 3.61. The topological polar surface area (TPSA) is 49.4 Å². The number of likely N-dealkylation sites (tertiary alicyclic amines) is 1. The highest BCUT2D eigenvalue weighted by Gasteiger charge is 2.29. The van der Waals surface area contributed by atoms with Crippen LogP contribution in [0.15, 0.2) is 54.6 Å². The smallest absolute Gasteiger partial charge is 0.253 e. The highest BCUT2D eigenvalue weighted by molar-refractivity contribution is 5.94. The Bertz CT molecular complexity index is 792. The van der Waals surface area contributed by atoms with Crippen molar-refractivity contribution in [3.05, 3.63) is 71.5 Å². The molecule has 3 rings (SSSR count). The molecule has 0 aliphatic carbocycles. The summed E-state index contributed by atoms with van der Waals surface area (Å²) in [6.45, 7) is 3.06. The predicted octanol–water partition coefficient (Wildman–Crippen LogP) is 3.82. The van der Waals surface area contributed by atoms with Gasteiger partial charge in [-0.15, -0.1) is 0 Å². The Morgan fingerprint density at radius 2 is 1.86 bits per heavy atom. The minimum Gasteiger partial charge on any atom is -0.353 e. The number of amides is 2. The minimum atomic E-state index is -0.364. The van der Waals surface area contributed by atoms with E-state index in [1.165, 1.54) is 29.8 Å². The van der Waals surface area contributed by atoms with E-state index >= 15 is 0 Å². The average Bonchev–Trinajstić information content (AvgIpc) is 2.73. The van der Waals surface area contributed by atoms with Gasteiger partial charge in [0.05, 0.1) is 5.92 Å². The first kappa shape index (κ1) is 20.1. The van der Waals surface area contributed by atoms with Crippen molar-refractivity contribution < 1.29 is 14.0 Å². The van der Waals surface area contributed by atoms with E-state index in [0.29, 0.717) is 18.7 Å². The second-order valence-electron chi connectivity index (χ2n) is 7.53. The van der Waals surface area contributed by atoms with Gasteiger partial charge in [-0.25, -0.2) is 4.39 Å². The summed E-state index contributed by atoms with van der Waals surface area (Å²) in [5.41, 5.74) is 1.72. The number of aryl methyl sites for hydroxylation is 1. The molecule has 148 valence electrons. The summed E-state index contributed by atoms with van der Waals surface area (Å²) in [4.78, 5) is 27.0. The fraction of sp³-hybridized carbons (Fsp3) is 0.391. The molecule has 0 bridgehead atoms. The highest BCUT2D eigenvalue weighted by atomic mass is 19.1. The Balaban J connectivity index is 1.50. The molecule has 1 aliphatic heterocycles. The van der Waals surface area contributed by atoms with Gasteiger partial charge in [0.2, 0.25) is 5.91 Å². The predicted molar refractivity (Wildman–Crippen MR) is 107 cm³/mol. The van der Waals surface area contributed by atoms with Crippen LogP contribution in [0.2, 0.25) is 0 Å². The monoisotopic (exact) mass is 382 g/mol. The zero-order chi connectivity index (χ0) is 19.9. The molecular formula is C23H27FN2O2. The van der Waals surface area contributed by atoms with Crippen molar-refractivity contribution >= 4 is 11.8 Å². The van der Waals surface area contributed by atoms with E-state index < -0.39 is 0 Å². The van der Waals surface area contributed by atoms with Crippen molar-refractivity contribution in [2.45, 2.75) is 38.6 Å². The van der Waals surface area contributed by atoms with Crippen LogP contribution in [0.5, 0.6) is 0 Å². The maximum absolute atomic E-state index is 13.1. The lowest BCUT2D eigenvalue weighted by Gasteiger charge is -2.32. The molecule has 1 aliphatic rings. The molecule has 2 atom stereocenters. The second-order valence-corrected chi connectivity index (χ2v) is 7.53. The fourth-order valence-electron chi connectivity index (χ4n) is 3.61. The maximum Gasteiger partial charge on any atom is 0.253 e. The van der Waals surface area contributed by atoms with Gasteiger partial charge in [0.15, 0.2) is 0 Å². The summed E-state index contributed by atoms with van der Waals surface area (Å²) in [5, 5.41) is 3.10. The van der Waals surface area contributed by atoms with Gasteiger partial charge < -0.3 is 10.2 Å². The van der Waals surface area contributed by atoms with Crippen LogP contribution in [0.4, 0.5) is 4.39 Å². The van der Waals surface area contributed by atoms with Crippen molar-refractivity contribution in [2.24, 2.45) is 5.92 Å². The quantitative estimate of drug-likeness (QED) is 0.826. The van der Waals surface area contributed by atoms with Crippen LogP contribution in [0.1, 0.15) is 42.1 Å². The number of hydrogen-bond acceptors (Lipinski definition) is 2. The maximum atomic E-state index is 13.1. The van der Waals surface area contributed by atoms with Crippen molar-refractivity contribution in [2.75, 3.05) is 13.1 Å². The van der Waals surface area contributed by atoms with Gasteiger partial charge in [0, 0.05) is 24.7 Å². The number of nitrogens with one attached hydrogen (secondary N) is 1. The van der Waals surface area contributed by atoms with Gasteiger partial charge in [-0.05, 0) is 62.4 Å². The van der Waals surface area contributed by atoms with E-state index in [1.54, 1.807) is 4.90 Å². The van der Waals surface area contributed by atoms with Gasteiger partial charge in [0.1, 0.15) is 5.82 Å². The van der Waals surface area contributed by atoms with Gasteiger partial charge in [0.25, 0.3) is 5.91 Å². The molecule has 1 N–H and O–H groups in total. The minimum absolute atomic E-state index is 0.0113. The summed E-state index contributed by atoms with van der Waals surface area (Å²) in [6, 6.07) is 15.9. The molecule has 0 aromatic heterocycles. The first-order chi connectivity index (χ1) is 13.5. The molecule has 0 saturated carbocycles. The van der Waals surface area contributed by atoms with Gasteiger partial charge in [-0.3, -0.25) is 9.59 Å². The van der Waals surface area contributed by atoms with Crippen LogP contribution in [-0.2, 0) is 11.2 Å². The number of piperidine rings is 1. The number of carbonyl (C=O) groups excluding carboxylic acids is 2. The van der Waals surface area contributed by atoms with Crippen LogP contribution in [0, 0.1) is 11.7 Å². The molecule has 5 heteroatoms.